The molecule has 1 saturated heterocycles. The summed E-state index contributed by atoms with van der Waals surface area (Å²) in [5.74, 6) is -0.207. The van der Waals surface area contributed by atoms with Crippen LogP contribution in [0.4, 0.5) is 5.69 Å². The molecule has 1 aliphatic rings. The van der Waals surface area contributed by atoms with E-state index in [1.807, 2.05) is 77.1 Å². The highest BCUT2D eigenvalue weighted by atomic mass is 16.5. The first-order chi connectivity index (χ1) is 17.6. The molecule has 0 radical (unpaired) electrons. The summed E-state index contributed by atoms with van der Waals surface area (Å²) in [6, 6.07) is 15.7. The molecule has 0 bridgehead atoms. The minimum absolute atomic E-state index is 0.0412. The van der Waals surface area contributed by atoms with Crippen LogP contribution in [0.3, 0.4) is 0 Å². The average molecular weight is 500 g/mol. The molecule has 1 heterocycles. The van der Waals surface area contributed by atoms with Crippen molar-refractivity contribution in [2.45, 2.75) is 46.6 Å². The Hall–Kier alpha value is -4.06. The van der Waals surface area contributed by atoms with E-state index in [-0.39, 0.29) is 17.3 Å². The Morgan fingerprint density at radius 2 is 1.62 bits per heavy atom. The predicted molar refractivity (Wildman–Crippen MR) is 146 cm³/mol. The first-order valence-corrected chi connectivity index (χ1v) is 12.3. The number of Topliss-reactive ketones (excluding diaryl/α,β-unsaturated/α-hetero) is 1. The molecule has 6 nitrogen and oxygen atoms in total. The number of benzene rings is 3. The van der Waals surface area contributed by atoms with Gasteiger partial charge in [-0.2, -0.15) is 0 Å². The van der Waals surface area contributed by atoms with Crippen molar-refractivity contribution in [1.29, 1.82) is 0 Å². The second kappa shape index (κ2) is 10.1. The zero-order chi connectivity index (χ0) is 27.0. The number of anilines is 1. The number of aryl methyl sites for hydroxylation is 3. The second-order valence-electron chi connectivity index (χ2n) is 9.78. The van der Waals surface area contributed by atoms with E-state index in [1.165, 1.54) is 4.90 Å². The molecule has 1 N–H and O–H groups in total. The first-order valence-electron chi connectivity index (χ1n) is 12.3. The van der Waals surface area contributed by atoms with Crippen LogP contribution in [0.5, 0.6) is 11.5 Å². The fraction of sp³-hybridized carbons (Fsp3) is 0.290. The molecule has 0 saturated carbocycles. The first kappa shape index (κ1) is 26.0. The number of amides is 1. The molecule has 1 atom stereocenters. The lowest BCUT2D eigenvalue weighted by atomic mass is 9.91. The monoisotopic (exact) mass is 499 g/mol. The van der Waals surface area contributed by atoms with Crippen LogP contribution in [0.15, 0.2) is 60.2 Å². The van der Waals surface area contributed by atoms with Gasteiger partial charge in [0.15, 0.2) is 0 Å². The van der Waals surface area contributed by atoms with E-state index in [1.54, 1.807) is 26.4 Å². The highest BCUT2D eigenvalue weighted by molar-refractivity contribution is 6.51. The largest absolute Gasteiger partial charge is 0.507 e. The van der Waals surface area contributed by atoms with Crippen LogP contribution in [0.2, 0.25) is 0 Å². The maximum Gasteiger partial charge on any atom is 0.300 e. The van der Waals surface area contributed by atoms with Crippen LogP contribution in [0.1, 0.15) is 59.2 Å². The van der Waals surface area contributed by atoms with Crippen molar-refractivity contribution in [3.63, 3.8) is 0 Å². The molecule has 1 unspecified atom stereocenters. The van der Waals surface area contributed by atoms with Crippen molar-refractivity contribution in [2.75, 3.05) is 19.1 Å². The van der Waals surface area contributed by atoms with Gasteiger partial charge in [0.2, 0.25) is 0 Å². The van der Waals surface area contributed by atoms with Crippen LogP contribution < -0.4 is 14.4 Å². The zero-order valence-electron chi connectivity index (χ0n) is 22.4. The predicted octanol–water partition coefficient (Wildman–Crippen LogP) is 6.38. The van der Waals surface area contributed by atoms with Crippen molar-refractivity contribution in [3.05, 3.63) is 93.6 Å². The van der Waals surface area contributed by atoms with E-state index in [9.17, 15) is 14.7 Å². The van der Waals surface area contributed by atoms with Gasteiger partial charge in [-0.25, -0.2) is 0 Å². The Kier molecular flexibility index (Phi) is 7.12. The number of ether oxygens (including phenoxy) is 2. The van der Waals surface area contributed by atoms with Gasteiger partial charge in [0.05, 0.1) is 25.8 Å². The van der Waals surface area contributed by atoms with Crippen molar-refractivity contribution >= 4 is 23.1 Å². The number of hydrogen-bond acceptors (Lipinski definition) is 5. The maximum absolute atomic E-state index is 13.6. The molecular formula is C31H33NO5. The lowest BCUT2D eigenvalue weighted by Crippen LogP contribution is -2.29. The van der Waals surface area contributed by atoms with Crippen molar-refractivity contribution in [1.82, 2.24) is 0 Å². The smallest absolute Gasteiger partial charge is 0.300 e. The normalized spacial score (nSPS) is 17.0. The standard InChI is InChI=1S/C31H33NO5/c1-17(2)24-16-25(20(5)14-26(24)37-7)29(33)27-28(21-9-8-10-23(15-21)36-6)32(31(35)30(27)34)22-12-11-18(3)19(4)13-22/h8-17,28,33H,1-7H3/b29-27+. The highest BCUT2D eigenvalue weighted by Crippen LogP contribution is 2.44. The van der Waals surface area contributed by atoms with Gasteiger partial charge in [-0.05, 0) is 90.9 Å². The minimum atomic E-state index is -0.832. The lowest BCUT2D eigenvalue weighted by Gasteiger charge is -2.26. The van der Waals surface area contributed by atoms with Gasteiger partial charge >= 0.3 is 0 Å². The summed E-state index contributed by atoms with van der Waals surface area (Å²) < 4.78 is 11.0. The van der Waals surface area contributed by atoms with Gasteiger partial charge in [0, 0.05) is 11.3 Å². The van der Waals surface area contributed by atoms with E-state index in [0.717, 1.165) is 22.3 Å². The third-order valence-electron chi connectivity index (χ3n) is 7.08. The van der Waals surface area contributed by atoms with Crippen LogP contribution in [0, 0.1) is 20.8 Å². The van der Waals surface area contributed by atoms with Crippen molar-refractivity contribution in [2.24, 2.45) is 0 Å². The highest BCUT2D eigenvalue weighted by Gasteiger charge is 2.47. The van der Waals surface area contributed by atoms with Crippen LogP contribution in [-0.2, 0) is 9.59 Å². The summed E-state index contributed by atoms with van der Waals surface area (Å²) in [6.45, 7) is 9.87. The molecule has 3 aromatic rings. The number of ketones is 1. The fourth-order valence-electron chi connectivity index (χ4n) is 4.83. The molecule has 3 aromatic carbocycles. The molecule has 37 heavy (non-hydrogen) atoms. The summed E-state index contributed by atoms with van der Waals surface area (Å²) in [6.07, 6.45) is 0. The number of hydrogen-bond donors (Lipinski definition) is 1. The SMILES string of the molecule is COc1cccc(C2/C(=C(\O)c3cc(C(C)C)c(OC)cc3C)C(=O)C(=O)N2c2ccc(C)c(C)c2)c1. The van der Waals surface area contributed by atoms with E-state index in [4.69, 9.17) is 9.47 Å². The molecule has 0 spiro atoms. The molecule has 1 fully saturated rings. The summed E-state index contributed by atoms with van der Waals surface area (Å²) >= 11 is 0. The van der Waals surface area contributed by atoms with Crippen LogP contribution in [0.25, 0.3) is 5.76 Å². The Morgan fingerprint density at radius 1 is 0.892 bits per heavy atom. The number of aliphatic hydroxyl groups excluding tert-OH is 1. The quantitative estimate of drug-likeness (QED) is 0.242. The minimum Gasteiger partial charge on any atom is -0.507 e. The third-order valence-corrected chi connectivity index (χ3v) is 7.08. The number of rotatable bonds is 6. The number of carbonyl (C=O) groups excluding carboxylic acids is 2. The second-order valence-corrected chi connectivity index (χ2v) is 9.78. The van der Waals surface area contributed by atoms with Gasteiger partial charge in [-0.1, -0.05) is 32.0 Å². The summed E-state index contributed by atoms with van der Waals surface area (Å²) in [5, 5.41) is 11.7. The summed E-state index contributed by atoms with van der Waals surface area (Å²) in [5.41, 5.74) is 5.50. The number of aliphatic hydroxyl groups is 1. The summed E-state index contributed by atoms with van der Waals surface area (Å²) in [7, 11) is 3.17. The van der Waals surface area contributed by atoms with Crippen LogP contribution >= 0.6 is 0 Å². The topological polar surface area (TPSA) is 76.1 Å². The molecule has 1 aliphatic heterocycles. The molecular weight excluding hydrogens is 466 g/mol. The fourth-order valence-corrected chi connectivity index (χ4v) is 4.83. The van der Waals surface area contributed by atoms with E-state index < -0.39 is 17.7 Å². The van der Waals surface area contributed by atoms with Gasteiger partial charge < -0.3 is 14.6 Å². The number of carbonyl (C=O) groups is 2. The Balaban J connectivity index is 2.01. The van der Waals surface area contributed by atoms with E-state index in [2.05, 4.69) is 0 Å². The molecule has 4 rings (SSSR count). The number of methoxy groups -OCH3 is 2. The zero-order valence-corrected chi connectivity index (χ0v) is 22.4. The maximum atomic E-state index is 13.6. The number of nitrogens with zero attached hydrogens (tertiary/aromatic N) is 1. The Morgan fingerprint density at radius 3 is 2.24 bits per heavy atom. The van der Waals surface area contributed by atoms with Gasteiger partial charge in [-0.15, -0.1) is 0 Å². The lowest BCUT2D eigenvalue weighted by molar-refractivity contribution is -0.132. The molecule has 192 valence electrons. The third kappa shape index (κ3) is 4.59. The Bertz CT molecular complexity index is 1420. The van der Waals surface area contributed by atoms with Gasteiger partial charge in [-0.3, -0.25) is 14.5 Å². The van der Waals surface area contributed by atoms with E-state index >= 15 is 0 Å². The summed E-state index contributed by atoms with van der Waals surface area (Å²) in [4.78, 5) is 28.6. The molecule has 1 amide bonds. The molecule has 6 heteroatoms. The van der Waals surface area contributed by atoms with Crippen molar-refractivity contribution < 1.29 is 24.2 Å². The molecule has 0 aliphatic carbocycles. The van der Waals surface area contributed by atoms with Gasteiger partial charge in [0.25, 0.3) is 11.7 Å². The average Bonchev–Trinajstić information content (AvgIpc) is 3.15. The molecule has 0 aromatic heterocycles. The van der Waals surface area contributed by atoms with Gasteiger partial charge in [0.1, 0.15) is 17.3 Å². The van der Waals surface area contributed by atoms with E-state index in [0.29, 0.717) is 28.3 Å². The van der Waals surface area contributed by atoms with Crippen molar-refractivity contribution in [3.8, 4) is 11.5 Å². The Labute approximate surface area is 218 Å². The van der Waals surface area contributed by atoms with Crippen LogP contribution in [-0.4, -0.2) is 31.0 Å².